The Balaban J connectivity index is 1.82. The first-order valence-corrected chi connectivity index (χ1v) is 6.18. The number of likely N-dealkylation sites (tertiary alicyclic amines) is 1. The number of benzene rings is 1. The maximum atomic E-state index is 2.49. The summed E-state index contributed by atoms with van der Waals surface area (Å²) in [5.74, 6) is 0. The molecule has 0 aromatic heterocycles. The molecular weight excluding hydrogens is 196 g/mol. The molecule has 0 bridgehead atoms. The minimum atomic E-state index is 0.758. The van der Waals surface area contributed by atoms with Crippen molar-refractivity contribution in [1.29, 1.82) is 0 Å². The number of hydrogen-bond donors (Lipinski definition) is 0. The van der Waals surface area contributed by atoms with Crippen LogP contribution < -0.4 is 0 Å². The van der Waals surface area contributed by atoms with Gasteiger partial charge in [-0.2, -0.15) is 0 Å². The summed E-state index contributed by atoms with van der Waals surface area (Å²) >= 11 is 0. The van der Waals surface area contributed by atoms with E-state index >= 15 is 0 Å². The van der Waals surface area contributed by atoms with Crippen LogP contribution in [0, 0.1) is 0 Å². The van der Waals surface area contributed by atoms with Crippen molar-refractivity contribution >= 4 is 0 Å². The van der Waals surface area contributed by atoms with Gasteiger partial charge in [-0.05, 0) is 39.0 Å². The van der Waals surface area contributed by atoms with Gasteiger partial charge in [0.15, 0.2) is 0 Å². The Morgan fingerprint density at radius 2 is 2.06 bits per heavy atom. The van der Waals surface area contributed by atoms with Crippen LogP contribution in [0.1, 0.15) is 18.4 Å². The molecule has 0 aliphatic carbocycles. The molecule has 0 spiro atoms. The van der Waals surface area contributed by atoms with Crippen LogP contribution in [0.3, 0.4) is 0 Å². The van der Waals surface area contributed by atoms with Crippen LogP contribution in [0.4, 0.5) is 0 Å². The van der Waals surface area contributed by atoms with Crippen LogP contribution in [-0.4, -0.2) is 43.0 Å². The molecule has 2 nitrogen and oxygen atoms in total. The Morgan fingerprint density at radius 1 is 1.31 bits per heavy atom. The lowest BCUT2D eigenvalue weighted by atomic mass is 10.2. The molecule has 2 heteroatoms. The van der Waals surface area contributed by atoms with E-state index in [1.165, 1.54) is 31.5 Å². The van der Waals surface area contributed by atoms with E-state index in [2.05, 4.69) is 54.2 Å². The van der Waals surface area contributed by atoms with Crippen molar-refractivity contribution in [1.82, 2.24) is 9.80 Å². The highest BCUT2D eigenvalue weighted by atomic mass is 15.2. The topological polar surface area (TPSA) is 6.48 Å². The first-order valence-electron chi connectivity index (χ1n) is 6.18. The Bertz CT molecular complexity index is 310. The van der Waals surface area contributed by atoms with Gasteiger partial charge in [0, 0.05) is 19.1 Å². The third-order valence-electron chi connectivity index (χ3n) is 3.49. The summed E-state index contributed by atoms with van der Waals surface area (Å²) in [6.07, 6.45) is 2.72. The fraction of sp³-hybridized carbons (Fsp3) is 0.571. The molecule has 1 atom stereocenters. The standard InChI is InChI=1S/C14H22N2/c1-15(11-13-7-4-3-5-8-13)12-14-9-6-10-16(14)2/h3-5,7-8,14H,6,9-12H2,1-2H3/t14-/m1/s1. The summed E-state index contributed by atoms with van der Waals surface area (Å²) in [6, 6.07) is 11.5. The monoisotopic (exact) mass is 218 g/mol. The van der Waals surface area contributed by atoms with E-state index < -0.39 is 0 Å². The maximum absolute atomic E-state index is 2.49. The summed E-state index contributed by atoms with van der Waals surface area (Å²) < 4.78 is 0. The van der Waals surface area contributed by atoms with E-state index in [9.17, 15) is 0 Å². The third-order valence-corrected chi connectivity index (χ3v) is 3.49. The second kappa shape index (κ2) is 5.46. The highest BCUT2D eigenvalue weighted by Gasteiger charge is 2.21. The van der Waals surface area contributed by atoms with Crippen molar-refractivity contribution in [3.8, 4) is 0 Å². The highest BCUT2D eigenvalue weighted by Crippen LogP contribution is 2.16. The summed E-state index contributed by atoms with van der Waals surface area (Å²) in [5.41, 5.74) is 1.41. The molecule has 1 aromatic rings. The van der Waals surface area contributed by atoms with Crippen molar-refractivity contribution in [2.24, 2.45) is 0 Å². The molecule has 2 rings (SSSR count). The van der Waals surface area contributed by atoms with Gasteiger partial charge in [-0.25, -0.2) is 0 Å². The van der Waals surface area contributed by atoms with Gasteiger partial charge in [0.1, 0.15) is 0 Å². The molecule has 16 heavy (non-hydrogen) atoms. The van der Waals surface area contributed by atoms with Crippen molar-refractivity contribution in [3.05, 3.63) is 35.9 Å². The van der Waals surface area contributed by atoms with Crippen molar-refractivity contribution in [2.45, 2.75) is 25.4 Å². The zero-order valence-electron chi connectivity index (χ0n) is 10.4. The van der Waals surface area contributed by atoms with Crippen LogP contribution >= 0.6 is 0 Å². The van der Waals surface area contributed by atoms with Gasteiger partial charge in [-0.15, -0.1) is 0 Å². The number of nitrogens with zero attached hydrogens (tertiary/aromatic N) is 2. The SMILES string of the molecule is CN(Cc1ccccc1)C[C@H]1CCCN1C. The molecule has 88 valence electrons. The quantitative estimate of drug-likeness (QED) is 0.764. The predicted molar refractivity (Wildman–Crippen MR) is 68.4 cm³/mol. The number of rotatable bonds is 4. The third kappa shape index (κ3) is 3.06. The number of likely N-dealkylation sites (N-methyl/N-ethyl adjacent to an activating group) is 2. The first kappa shape index (κ1) is 11.6. The molecule has 1 heterocycles. The summed E-state index contributed by atoms with van der Waals surface area (Å²) in [7, 11) is 4.47. The van der Waals surface area contributed by atoms with Gasteiger partial charge >= 0.3 is 0 Å². The molecule has 0 amide bonds. The lowest BCUT2D eigenvalue weighted by molar-refractivity contribution is 0.215. The lowest BCUT2D eigenvalue weighted by Crippen LogP contribution is -2.36. The van der Waals surface area contributed by atoms with Crippen LogP contribution in [0.5, 0.6) is 0 Å². The zero-order chi connectivity index (χ0) is 11.4. The Morgan fingerprint density at radius 3 is 2.69 bits per heavy atom. The van der Waals surface area contributed by atoms with Gasteiger partial charge in [-0.3, -0.25) is 0 Å². The second-order valence-corrected chi connectivity index (χ2v) is 4.96. The van der Waals surface area contributed by atoms with Gasteiger partial charge < -0.3 is 9.80 Å². The molecular formula is C14H22N2. The van der Waals surface area contributed by atoms with E-state index in [0.29, 0.717) is 0 Å². The van der Waals surface area contributed by atoms with Gasteiger partial charge in [-0.1, -0.05) is 30.3 Å². The zero-order valence-corrected chi connectivity index (χ0v) is 10.4. The fourth-order valence-electron chi connectivity index (χ4n) is 2.53. The molecule has 1 aliphatic rings. The fourth-order valence-corrected chi connectivity index (χ4v) is 2.53. The smallest absolute Gasteiger partial charge is 0.0231 e. The molecule has 1 fully saturated rings. The molecule has 0 N–H and O–H groups in total. The van der Waals surface area contributed by atoms with Crippen LogP contribution in [0.2, 0.25) is 0 Å². The largest absolute Gasteiger partial charge is 0.302 e. The van der Waals surface area contributed by atoms with E-state index in [0.717, 1.165) is 12.6 Å². The Kier molecular flexibility index (Phi) is 3.97. The molecule has 1 aromatic carbocycles. The van der Waals surface area contributed by atoms with Crippen LogP contribution in [0.25, 0.3) is 0 Å². The van der Waals surface area contributed by atoms with Crippen LogP contribution in [-0.2, 0) is 6.54 Å². The van der Waals surface area contributed by atoms with E-state index in [4.69, 9.17) is 0 Å². The lowest BCUT2D eigenvalue weighted by Gasteiger charge is -2.25. The highest BCUT2D eigenvalue weighted by molar-refractivity contribution is 5.14. The van der Waals surface area contributed by atoms with E-state index in [1.807, 2.05) is 0 Å². The summed E-state index contributed by atoms with van der Waals surface area (Å²) in [4.78, 5) is 4.92. The predicted octanol–water partition coefficient (Wildman–Crippen LogP) is 2.21. The average molecular weight is 218 g/mol. The Labute approximate surface area is 98.9 Å². The minimum absolute atomic E-state index is 0.758. The van der Waals surface area contributed by atoms with Gasteiger partial charge in [0.05, 0.1) is 0 Å². The van der Waals surface area contributed by atoms with Crippen molar-refractivity contribution in [3.63, 3.8) is 0 Å². The van der Waals surface area contributed by atoms with Crippen molar-refractivity contribution < 1.29 is 0 Å². The second-order valence-electron chi connectivity index (χ2n) is 4.96. The molecule has 0 unspecified atom stereocenters. The van der Waals surface area contributed by atoms with Crippen molar-refractivity contribution in [2.75, 3.05) is 27.2 Å². The number of hydrogen-bond acceptors (Lipinski definition) is 2. The molecule has 1 aliphatic heterocycles. The van der Waals surface area contributed by atoms with E-state index in [-0.39, 0.29) is 0 Å². The first-order chi connectivity index (χ1) is 7.75. The molecule has 0 saturated carbocycles. The minimum Gasteiger partial charge on any atom is -0.302 e. The van der Waals surface area contributed by atoms with Gasteiger partial charge in [0.25, 0.3) is 0 Å². The van der Waals surface area contributed by atoms with Crippen LogP contribution in [0.15, 0.2) is 30.3 Å². The van der Waals surface area contributed by atoms with Gasteiger partial charge in [0.2, 0.25) is 0 Å². The molecule has 1 saturated heterocycles. The van der Waals surface area contributed by atoms with E-state index in [1.54, 1.807) is 0 Å². The normalized spacial score (nSPS) is 21.8. The maximum Gasteiger partial charge on any atom is 0.0231 e. The summed E-state index contributed by atoms with van der Waals surface area (Å²) in [5, 5.41) is 0. The summed E-state index contributed by atoms with van der Waals surface area (Å²) in [6.45, 7) is 3.51. The average Bonchev–Trinajstić information content (AvgIpc) is 2.66. The molecule has 0 radical (unpaired) electrons. The Hall–Kier alpha value is -0.860.